The fraction of sp³-hybridized carbons (Fsp3) is 0.500. The Balaban J connectivity index is 1.39. The number of nitrogens with one attached hydrogen (secondary N) is 1. The number of piperidine rings is 1. The third-order valence-electron chi connectivity index (χ3n) is 5.13. The van der Waals surface area contributed by atoms with Crippen molar-refractivity contribution in [1.82, 2.24) is 19.8 Å². The highest BCUT2D eigenvalue weighted by atomic mass is 16.2. The number of rotatable bonds is 6. The number of carbonyl (C=O) groups excluding carboxylic acids is 1. The topological polar surface area (TPSA) is 53.4 Å². The number of pyridine rings is 1. The summed E-state index contributed by atoms with van der Waals surface area (Å²) in [6.07, 6.45) is 10.0. The first-order valence-electron chi connectivity index (χ1n) is 9.44. The lowest BCUT2D eigenvalue weighted by atomic mass is 9.96. The number of urea groups is 1. The van der Waals surface area contributed by atoms with Crippen LogP contribution in [0.2, 0.25) is 0 Å². The van der Waals surface area contributed by atoms with Gasteiger partial charge in [-0.05, 0) is 49.4 Å². The highest BCUT2D eigenvalue weighted by Gasteiger charge is 2.20. The summed E-state index contributed by atoms with van der Waals surface area (Å²) in [5.74, 6) is 0.548. The van der Waals surface area contributed by atoms with Gasteiger partial charge in [0.2, 0.25) is 0 Å². The van der Waals surface area contributed by atoms with Gasteiger partial charge in [0, 0.05) is 70.2 Å². The number of aryl methyl sites for hydroxylation is 1. The number of aromatic nitrogens is 2. The third kappa shape index (κ3) is 4.77. The monoisotopic (exact) mass is 355 g/mol. The Morgan fingerprint density at radius 3 is 2.65 bits per heavy atom. The Morgan fingerprint density at radius 2 is 2.00 bits per heavy atom. The standard InChI is InChI=1S/C20H29N5O/c1-3-24-11-6-18(16-24)15-23(2)20(26)22-14-17-7-12-25(13-8-17)19-4-9-21-10-5-19/h4-6,9-11,16-17H,3,7-8,12-15H2,1-2H3,(H,22,26). The molecule has 2 amide bonds. The number of carbonyl (C=O) groups is 1. The van der Waals surface area contributed by atoms with Crippen molar-refractivity contribution >= 4 is 11.7 Å². The van der Waals surface area contributed by atoms with Crippen LogP contribution in [0.1, 0.15) is 25.3 Å². The molecule has 3 rings (SSSR count). The van der Waals surface area contributed by atoms with Gasteiger partial charge in [-0.15, -0.1) is 0 Å². The van der Waals surface area contributed by atoms with E-state index in [1.807, 2.05) is 19.4 Å². The predicted molar refractivity (Wildman–Crippen MR) is 104 cm³/mol. The van der Waals surface area contributed by atoms with E-state index in [4.69, 9.17) is 0 Å². The molecule has 140 valence electrons. The van der Waals surface area contributed by atoms with Crippen LogP contribution in [0.15, 0.2) is 43.0 Å². The summed E-state index contributed by atoms with van der Waals surface area (Å²) >= 11 is 0. The van der Waals surface area contributed by atoms with Gasteiger partial charge >= 0.3 is 6.03 Å². The first-order chi connectivity index (χ1) is 12.7. The maximum atomic E-state index is 12.3. The molecule has 3 heterocycles. The van der Waals surface area contributed by atoms with E-state index < -0.39 is 0 Å². The molecule has 2 aromatic rings. The molecule has 0 unspecified atom stereocenters. The van der Waals surface area contributed by atoms with Crippen LogP contribution >= 0.6 is 0 Å². The Hall–Kier alpha value is -2.50. The molecule has 0 aromatic carbocycles. The van der Waals surface area contributed by atoms with Crippen LogP contribution < -0.4 is 10.2 Å². The summed E-state index contributed by atoms with van der Waals surface area (Å²) in [6.45, 7) is 6.52. The molecule has 0 aliphatic carbocycles. The highest BCUT2D eigenvalue weighted by molar-refractivity contribution is 5.73. The molecule has 1 fully saturated rings. The molecule has 1 aliphatic rings. The van der Waals surface area contributed by atoms with E-state index >= 15 is 0 Å². The Morgan fingerprint density at radius 1 is 1.27 bits per heavy atom. The average Bonchev–Trinajstić information content (AvgIpc) is 3.14. The molecule has 6 nitrogen and oxygen atoms in total. The van der Waals surface area contributed by atoms with E-state index in [-0.39, 0.29) is 6.03 Å². The maximum absolute atomic E-state index is 12.3. The summed E-state index contributed by atoms with van der Waals surface area (Å²) in [7, 11) is 1.85. The molecule has 1 saturated heterocycles. The Kier molecular flexibility index (Phi) is 6.15. The summed E-state index contributed by atoms with van der Waals surface area (Å²) in [4.78, 5) is 20.6. The van der Waals surface area contributed by atoms with Crippen molar-refractivity contribution in [1.29, 1.82) is 0 Å². The van der Waals surface area contributed by atoms with E-state index in [1.165, 1.54) is 5.69 Å². The SMILES string of the molecule is CCn1ccc(CN(C)C(=O)NCC2CCN(c3ccncc3)CC2)c1. The quantitative estimate of drug-likeness (QED) is 0.867. The molecule has 0 bridgehead atoms. The van der Waals surface area contributed by atoms with Gasteiger partial charge in [-0.25, -0.2) is 4.79 Å². The molecule has 1 N–H and O–H groups in total. The highest BCUT2D eigenvalue weighted by Crippen LogP contribution is 2.22. The van der Waals surface area contributed by atoms with Crippen LogP contribution in [0.4, 0.5) is 10.5 Å². The van der Waals surface area contributed by atoms with Crippen molar-refractivity contribution in [2.45, 2.75) is 32.9 Å². The van der Waals surface area contributed by atoms with Gasteiger partial charge in [0.1, 0.15) is 0 Å². The van der Waals surface area contributed by atoms with Crippen LogP contribution in [-0.4, -0.2) is 47.2 Å². The first kappa shape index (κ1) is 18.3. The summed E-state index contributed by atoms with van der Waals surface area (Å²) in [6, 6.07) is 6.19. The molecule has 26 heavy (non-hydrogen) atoms. The summed E-state index contributed by atoms with van der Waals surface area (Å²) in [5.41, 5.74) is 2.40. The smallest absolute Gasteiger partial charge is 0.317 e. The minimum atomic E-state index is 0.00538. The molecule has 0 atom stereocenters. The lowest BCUT2D eigenvalue weighted by Gasteiger charge is -2.33. The number of anilines is 1. The zero-order chi connectivity index (χ0) is 18.4. The summed E-state index contributed by atoms with van der Waals surface area (Å²) in [5, 5.41) is 3.10. The lowest BCUT2D eigenvalue weighted by molar-refractivity contribution is 0.203. The average molecular weight is 355 g/mol. The van der Waals surface area contributed by atoms with E-state index in [0.29, 0.717) is 12.5 Å². The third-order valence-corrected chi connectivity index (χ3v) is 5.13. The van der Waals surface area contributed by atoms with Crippen molar-refractivity contribution in [2.24, 2.45) is 5.92 Å². The minimum absolute atomic E-state index is 0.00538. The van der Waals surface area contributed by atoms with Crippen LogP contribution in [-0.2, 0) is 13.1 Å². The first-order valence-corrected chi connectivity index (χ1v) is 9.44. The van der Waals surface area contributed by atoms with Gasteiger partial charge in [-0.2, -0.15) is 0 Å². The zero-order valence-electron chi connectivity index (χ0n) is 15.8. The number of nitrogens with zero attached hydrogens (tertiary/aromatic N) is 4. The van der Waals surface area contributed by atoms with Crippen molar-refractivity contribution in [3.05, 3.63) is 48.5 Å². The molecular weight excluding hydrogens is 326 g/mol. The maximum Gasteiger partial charge on any atom is 0.317 e. The summed E-state index contributed by atoms with van der Waals surface area (Å²) < 4.78 is 2.12. The Labute approximate surface area is 155 Å². The number of amides is 2. The number of hydrogen-bond donors (Lipinski definition) is 1. The van der Waals surface area contributed by atoms with E-state index in [1.54, 1.807) is 4.90 Å². The molecule has 6 heteroatoms. The fourth-order valence-corrected chi connectivity index (χ4v) is 3.44. The van der Waals surface area contributed by atoms with Crippen molar-refractivity contribution in [2.75, 3.05) is 31.6 Å². The van der Waals surface area contributed by atoms with Gasteiger partial charge in [0.05, 0.1) is 0 Å². The van der Waals surface area contributed by atoms with Crippen molar-refractivity contribution in [3.8, 4) is 0 Å². The normalized spacial score (nSPS) is 15.1. The van der Waals surface area contributed by atoms with Gasteiger partial charge in [0.25, 0.3) is 0 Å². The molecule has 1 aliphatic heterocycles. The van der Waals surface area contributed by atoms with Gasteiger partial charge in [0.15, 0.2) is 0 Å². The molecular formula is C20H29N5O. The van der Waals surface area contributed by atoms with Crippen LogP contribution in [0.25, 0.3) is 0 Å². The van der Waals surface area contributed by atoms with Crippen LogP contribution in [0, 0.1) is 5.92 Å². The van der Waals surface area contributed by atoms with Gasteiger partial charge < -0.3 is 19.7 Å². The predicted octanol–water partition coefficient (Wildman–Crippen LogP) is 2.96. The van der Waals surface area contributed by atoms with Crippen LogP contribution in [0.5, 0.6) is 0 Å². The van der Waals surface area contributed by atoms with E-state index in [0.717, 1.165) is 44.6 Å². The van der Waals surface area contributed by atoms with Crippen molar-refractivity contribution < 1.29 is 4.79 Å². The van der Waals surface area contributed by atoms with E-state index in [2.05, 4.69) is 57.3 Å². The molecule has 2 aromatic heterocycles. The van der Waals surface area contributed by atoms with Crippen molar-refractivity contribution in [3.63, 3.8) is 0 Å². The van der Waals surface area contributed by atoms with E-state index in [9.17, 15) is 4.79 Å². The fourth-order valence-electron chi connectivity index (χ4n) is 3.44. The number of hydrogen-bond acceptors (Lipinski definition) is 3. The lowest BCUT2D eigenvalue weighted by Crippen LogP contribution is -2.42. The molecule has 0 radical (unpaired) electrons. The zero-order valence-corrected chi connectivity index (χ0v) is 15.8. The molecule has 0 spiro atoms. The second-order valence-corrected chi connectivity index (χ2v) is 7.03. The second kappa shape index (κ2) is 8.74. The molecule has 0 saturated carbocycles. The van der Waals surface area contributed by atoms with Gasteiger partial charge in [-0.1, -0.05) is 0 Å². The largest absolute Gasteiger partial charge is 0.371 e. The second-order valence-electron chi connectivity index (χ2n) is 7.03. The van der Waals surface area contributed by atoms with Crippen LogP contribution in [0.3, 0.4) is 0 Å². The Bertz CT molecular complexity index is 691. The minimum Gasteiger partial charge on any atom is -0.371 e. The van der Waals surface area contributed by atoms with Gasteiger partial charge in [-0.3, -0.25) is 4.98 Å².